The number of hydrogen-bond acceptors (Lipinski definition) is 5. The van der Waals surface area contributed by atoms with Crippen molar-refractivity contribution in [3.05, 3.63) is 94.5 Å². The van der Waals surface area contributed by atoms with Crippen molar-refractivity contribution in [2.75, 3.05) is 11.1 Å². The number of aromatic nitrogens is 2. The van der Waals surface area contributed by atoms with Crippen LogP contribution in [-0.4, -0.2) is 21.6 Å². The predicted molar refractivity (Wildman–Crippen MR) is 137 cm³/mol. The summed E-state index contributed by atoms with van der Waals surface area (Å²) >= 11 is 1.42. The Morgan fingerprint density at radius 1 is 0.971 bits per heavy atom. The van der Waals surface area contributed by atoms with E-state index in [-0.39, 0.29) is 11.7 Å². The van der Waals surface area contributed by atoms with Gasteiger partial charge >= 0.3 is 0 Å². The molecule has 6 heteroatoms. The minimum Gasteiger partial charge on any atom is -0.438 e. The van der Waals surface area contributed by atoms with Crippen LogP contribution in [-0.2, 0) is 11.2 Å². The molecule has 1 aliphatic rings. The van der Waals surface area contributed by atoms with Crippen molar-refractivity contribution in [2.45, 2.75) is 32.2 Å². The van der Waals surface area contributed by atoms with Crippen molar-refractivity contribution in [3.63, 3.8) is 0 Å². The average Bonchev–Trinajstić information content (AvgIpc) is 2.84. The molecule has 1 N–H and O–H groups in total. The van der Waals surface area contributed by atoms with Gasteiger partial charge in [-0.05, 0) is 43.5 Å². The number of ether oxygens (including phenoxy) is 1. The summed E-state index contributed by atoms with van der Waals surface area (Å²) in [5.74, 6) is 2.14. The Bertz CT molecular complexity index is 1360. The highest BCUT2D eigenvalue weighted by molar-refractivity contribution is 8.00. The second kappa shape index (κ2) is 9.31. The molecule has 5 nitrogen and oxygen atoms in total. The van der Waals surface area contributed by atoms with Gasteiger partial charge in [0.15, 0.2) is 5.82 Å². The molecule has 5 rings (SSSR count). The van der Waals surface area contributed by atoms with Crippen LogP contribution in [0.5, 0.6) is 11.6 Å². The Hall–Kier alpha value is -3.64. The molecule has 0 bridgehead atoms. The van der Waals surface area contributed by atoms with E-state index in [4.69, 9.17) is 14.7 Å². The summed E-state index contributed by atoms with van der Waals surface area (Å²) in [6, 6.07) is 21.9. The van der Waals surface area contributed by atoms with Crippen LogP contribution in [0.2, 0.25) is 0 Å². The SMILES string of the molecule is Cc1cc(C)c(NC(=O)CSc2nc(-c3ccccc3)nc3c2Cc2ccccc2O3)c(C)c1. The minimum atomic E-state index is -0.0641. The summed E-state index contributed by atoms with van der Waals surface area (Å²) < 4.78 is 6.16. The fourth-order valence-corrected chi connectivity index (χ4v) is 5.07. The van der Waals surface area contributed by atoms with Crippen LogP contribution < -0.4 is 10.1 Å². The molecule has 1 aromatic heterocycles. The number of para-hydroxylation sites is 1. The quantitative estimate of drug-likeness (QED) is 0.236. The van der Waals surface area contributed by atoms with E-state index in [1.807, 2.05) is 68.4 Å². The van der Waals surface area contributed by atoms with Gasteiger partial charge in [0.25, 0.3) is 0 Å². The number of amides is 1. The lowest BCUT2D eigenvalue weighted by molar-refractivity contribution is -0.113. The van der Waals surface area contributed by atoms with Gasteiger partial charge in [-0.2, -0.15) is 4.98 Å². The Labute approximate surface area is 203 Å². The minimum absolute atomic E-state index is 0.0641. The molecule has 3 aromatic carbocycles. The molecule has 0 saturated carbocycles. The van der Waals surface area contributed by atoms with Crippen LogP contribution in [0.1, 0.15) is 27.8 Å². The molecule has 0 fully saturated rings. The first-order valence-electron chi connectivity index (χ1n) is 11.2. The third kappa shape index (κ3) is 4.54. The molecular weight excluding hydrogens is 442 g/mol. The zero-order valence-corrected chi connectivity index (χ0v) is 20.2. The van der Waals surface area contributed by atoms with Crippen LogP contribution in [0.3, 0.4) is 0 Å². The fraction of sp³-hybridized carbons (Fsp3) is 0.179. The van der Waals surface area contributed by atoms with E-state index in [1.165, 1.54) is 17.3 Å². The number of rotatable bonds is 5. The maximum absolute atomic E-state index is 12.9. The van der Waals surface area contributed by atoms with Gasteiger partial charge in [0.1, 0.15) is 10.8 Å². The fourth-order valence-electron chi connectivity index (χ4n) is 4.25. The maximum Gasteiger partial charge on any atom is 0.234 e. The van der Waals surface area contributed by atoms with Crippen LogP contribution in [0.25, 0.3) is 11.4 Å². The molecule has 1 amide bonds. The largest absolute Gasteiger partial charge is 0.438 e. The van der Waals surface area contributed by atoms with E-state index in [2.05, 4.69) is 24.4 Å². The van der Waals surface area contributed by atoms with Crippen LogP contribution in [0, 0.1) is 20.8 Å². The molecule has 0 saturated heterocycles. The third-order valence-corrected chi connectivity index (χ3v) is 6.81. The number of hydrogen-bond donors (Lipinski definition) is 1. The number of aryl methyl sites for hydroxylation is 3. The third-order valence-electron chi connectivity index (χ3n) is 5.79. The first-order valence-corrected chi connectivity index (χ1v) is 12.2. The van der Waals surface area contributed by atoms with Crippen molar-refractivity contribution in [2.24, 2.45) is 0 Å². The number of anilines is 1. The van der Waals surface area contributed by atoms with Gasteiger partial charge in [-0.15, -0.1) is 0 Å². The van der Waals surface area contributed by atoms with Gasteiger partial charge in [-0.3, -0.25) is 4.79 Å². The zero-order chi connectivity index (χ0) is 23.7. The van der Waals surface area contributed by atoms with Gasteiger partial charge in [-0.1, -0.05) is 78.0 Å². The lowest BCUT2D eigenvalue weighted by Crippen LogP contribution is -2.17. The van der Waals surface area contributed by atoms with Crippen LogP contribution in [0.4, 0.5) is 5.69 Å². The lowest BCUT2D eigenvalue weighted by atomic mass is 10.0. The van der Waals surface area contributed by atoms with Gasteiger partial charge in [0.2, 0.25) is 11.8 Å². The number of benzene rings is 3. The molecule has 1 aliphatic heterocycles. The first-order chi connectivity index (χ1) is 16.5. The molecule has 0 aliphatic carbocycles. The monoisotopic (exact) mass is 467 g/mol. The second-order valence-corrected chi connectivity index (χ2v) is 9.46. The standard InChI is InChI=1S/C28H25N3O2S/c1-17-13-18(2)25(19(3)14-17)29-24(32)16-34-28-22-15-21-11-7-8-12-23(21)33-27(22)30-26(31-28)20-9-5-4-6-10-20/h4-14H,15-16H2,1-3H3,(H,29,32). The predicted octanol–water partition coefficient (Wildman–Crippen LogP) is 6.50. The highest BCUT2D eigenvalue weighted by Gasteiger charge is 2.24. The zero-order valence-electron chi connectivity index (χ0n) is 19.4. The summed E-state index contributed by atoms with van der Waals surface area (Å²) in [4.78, 5) is 22.5. The van der Waals surface area contributed by atoms with E-state index in [0.29, 0.717) is 18.1 Å². The molecule has 2 heterocycles. The van der Waals surface area contributed by atoms with Gasteiger partial charge in [-0.25, -0.2) is 4.98 Å². The first kappa shape index (κ1) is 22.2. The number of fused-ring (bicyclic) bond motifs is 2. The highest BCUT2D eigenvalue weighted by Crippen LogP contribution is 2.40. The van der Waals surface area contributed by atoms with Crippen molar-refractivity contribution < 1.29 is 9.53 Å². The molecule has 0 atom stereocenters. The van der Waals surface area contributed by atoms with E-state index >= 15 is 0 Å². The smallest absolute Gasteiger partial charge is 0.234 e. The second-order valence-electron chi connectivity index (χ2n) is 8.50. The number of thioether (sulfide) groups is 1. The van der Waals surface area contributed by atoms with E-state index < -0.39 is 0 Å². The molecular formula is C28H25N3O2S. The molecule has 0 spiro atoms. The van der Waals surface area contributed by atoms with E-state index in [9.17, 15) is 4.79 Å². The van der Waals surface area contributed by atoms with Crippen molar-refractivity contribution >= 4 is 23.4 Å². The lowest BCUT2D eigenvalue weighted by Gasteiger charge is -2.21. The average molecular weight is 468 g/mol. The number of nitrogens with one attached hydrogen (secondary N) is 1. The van der Waals surface area contributed by atoms with Crippen molar-refractivity contribution in [1.29, 1.82) is 0 Å². The topological polar surface area (TPSA) is 64.1 Å². The Morgan fingerprint density at radius 2 is 1.68 bits per heavy atom. The van der Waals surface area contributed by atoms with E-state index in [1.54, 1.807) is 0 Å². The Kier molecular flexibility index (Phi) is 6.07. The normalized spacial score (nSPS) is 11.9. The number of nitrogens with zero attached hydrogens (tertiary/aromatic N) is 2. The molecule has 170 valence electrons. The van der Waals surface area contributed by atoms with Crippen LogP contribution in [0.15, 0.2) is 71.8 Å². The van der Waals surface area contributed by atoms with Crippen molar-refractivity contribution in [1.82, 2.24) is 9.97 Å². The molecule has 0 radical (unpaired) electrons. The molecule has 34 heavy (non-hydrogen) atoms. The molecule has 4 aromatic rings. The summed E-state index contributed by atoms with van der Waals surface area (Å²) in [6.45, 7) is 6.10. The Morgan fingerprint density at radius 3 is 2.44 bits per heavy atom. The summed E-state index contributed by atoms with van der Waals surface area (Å²) in [6.07, 6.45) is 0.667. The van der Waals surface area contributed by atoms with Crippen LogP contribution >= 0.6 is 11.8 Å². The van der Waals surface area contributed by atoms with Gasteiger partial charge in [0.05, 0.1) is 11.3 Å². The van der Waals surface area contributed by atoms with Crippen molar-refractivity contribution in [3.8, 4) is 23.0 Å². The maximum atomic E-state index is 12.9. The molecule has 0 unspecified atom stereocenters. The summed E-state index contributed by atoms with van der Waals surface area (Å²) in [5, 5.41) is 3.85. The Balaban J connectivity index is 1.43. The van der Waals surface area contributed by atoms with Gasteiger partial charge in [0, 0.05) is 17.7 Å². The summed E-state index contributed by atoms with van der Waals surface area (Å²) in [7, 11) is 0. The summed E-state index contributed by atoms with van der Waals surface area (Å²) in [5.41, 5.74) is 7.09. The number of carbonyl (C=O) groups excluding carboxylic acids is 1. The highest BCUT2D eigenvalue weighted by atomic mass is 32.2. The number of carbonyl (C=O) groups is 1. The van der Waals surface area contributed by atoms with Gasteiger partial charge < -0.3 is 10.1 Å². The van der Waals surface area contributed by atoms with E-state index in [0.717, 1.165) is 44.3 Å².